The average Bonchev–Trinajstić information content (AvgIpc) is 2.64. The third kappa shape index (κ3) is 4.40. The molecule has 2 heterocycles. The number of rotatable bonds is 5. The number of esters is 1. The Hall–Kier alpha value is -2.24. The summed E-state index contributed by atoms with van der Waals surface area (Å²) < 4.78 is 4.79. The van der Waals surface area contributed by atoms with Gasteiger partial charge in [-0.3, -0.25) is 14.8 Å². The van der Waals surface area contributed by atoms with Gasteiger partial charge in [0.05, 0.1) is 18.4 Å². The smallest absolute Gasteiger partial charge is 0.337 e. The molecule has 1 aromatic heterocycles. The van der Waals surface area contributed by atoms with Gasteiger partial charge < -0.3 is 4.74 Å². The van der Waals surface area contributed by atoms with Crippen molar-refractivity contribution in [3.63, 3.8) is 0 Å². The average molecular weight is 325 g/mol. The van der Waals surface area contributed by atoms with Gasteiger partial charge in [-0.15, -0.1) is 0 Å². The Labute approximate surface area is 142 Å². The zero-order valence-electron chi connectivity index (χ0n) is 14.0. The van der Waals surface area contributed by atoms with Crippen LogP contribution in [0.3, 0.4) is 0 Å². The molecule has 5 heteroatoms. The van der Waals surface area contributed by atoms with E-state index in [1.54, 1.807) is 6.07 Å². The zero-order chi connectivity index (χ0) is 16.8. The van der Waals surface area contributed by atoms with E-state index in [1.165, 1.54) is 7.11 Å². The van der Waals surface area contributed by atoms with E-state index in [0.29, 0.717) is 5.56 Å². The number of ether oxygens (including phenoxy) is 1. The maximum absolute atomic E-state index is 11.6. The number of nitrogens with zero attached hydrogens (tertiary/aromatic N) is 3. The summed E-state index contributed by atoms with van der Waals surface area (Å²) >= 11 is 0. The van der Waals surface area contributed by atoms with Crippen molar-refractivity contribution in [2.24, 2.45) is 0 Å². The van der Waals surface area contributed by atoms with Gasteiger partial charge in [0.1, 0.15) is 0 Å². The number of piperazine rings is 1. The van der Waals surface area contributed by atoms with E-state index in [1.807, 2.05) is 30.5 Å². The highest BCUT2D eigenvalue weighted by molar-refractivity contribution is 5.89. The van der Waals surface area contributed by atoms with Gasteiger partial charge in [0.15, 0.2) is 0 Å². The zero-order valence-corrected chi connectivity index (χ0v) is 14.0. The lowest BCUT2D eigenvalue weighted by molar-refractivity contribution is 0.0600. The van der Waals surface area contributed by atoms with E-state index >= 15 is 0 Å². The molecule has 0 spiro atoms. The van der Waals surface area contributed by atoms with Crippen molar-refractivity contribution < 1.29 is 9.53 Å². The van der Waals surface area contributed by atoms with Crippen LogP contribution in [0.5, 0.6) is 0 Å². The van der Waals surface area contributed by atoms with Crippen LogP contribution >= 0.6 is 0 Å². The van der Waals surface area contributed by atoms with E-state index in [0.717, 1.165) is 50.5 Å². The number of aromatic nitrogens is 1. The summed E-state index contributed by atoms with van der Waals surface area (Å²) in [5.41, 5.74) is 2.89. The molecule has 0 unspecified atom stereocenters. The normalized spacial score (nSPS) is 16.0. The van der Waals surface area contributed by atoms with Crippen molar-refractivity contribution in [1.82, 2.24) is 14.8 Å². The fraction of sp³-hybridized carbons (Fsp3) is 0.368. The quantitative estimate of drug-likeness (QED) is 0.789. The van der Waals surface area contributed by atoms with Crippen molar-refractivity contribution in [3.05, 3.63) is 65.5 Å². The first kappa shape index (κ1) is 16.6. The number of pyridine rings is 1. The van der Waals surface area contributed by atoms with Crippen molar-refractivity contribution in [3.8, 4) is 0 Å². The van der Waals surface area contributed by atoms with Crippen LogP contribution in [-0.4, -0.2) is 54.0 Å². The highest BCUT2D eigenvalue weighted by atomic mass is 16.5. The number of hydrogen-bond acceptors (Lipinski definition) is 5. The van der Waals surface area contributed by atoms with Crippen LogP contribution in [0.25, 0.3) is 0 Å². The van der Waals surface area contributed by atoms with Crippen molar-refractivity contribution in [2.45, 2.75) is 13.1 Å². The molecule has 0 radical (unpaired) electrons. The molecule has 2 aromatic rings. The maximum Gasteiger partial charge on any atom is 0.337 e. The first-order chi connectivity index (χ1) is 11.7. The summed E-state index contributed by atoms with van der Waals surface area (Å²) in [6, 6.07) is 13.7. The minimum atomic E-state index is -0.281. The second kappa shape index (κ2) is 8.04. The fourth-order valence-corrected chi connectivity index (χ4v) is 3.00. The topological polar surface area (TPSA) is 45.7 Å². The Kier molecular flexibility index (Phi) is 5.56. The van der Waals surface area contributed by atoms with E-state index in [2.05, 4.69) is 26.9 Å². The molecule has 1 fully saturated rings. The van der Waals surface area contributed by atoms with Gasteiger partial charge in [-0.1, -0.05) is 18.2 Å². The third-order valence-electron chi connectivity index (χ3n) is 4.33. The van der Waals surface area contributed by atoms with Gasteiger partial charge in [-0.25, -0.2) is 4.79 Å². The monoisotopic (exact) mass is 325 g/mol. The van der Waals surface area contributed by atoms with Crippen LogP contribution in [0.4, 0.5) is 0 Å². The molecule has 5 nitrogen and oxygen atoms in total. The molecular weight excluding hydrogens is 302 g/mol. The van der Waals surface area contributed by atoms with Crippen LogP contribution in [0.2, 0.25) is 0 Å². The van der Waals surface area contributed by atoms with Gasteiger partial charge in [0, 0.05) is 45.5 Å². The maximum atomic E-state index is 11.6. The van der Waals surface area contributed by atoms with Gasteiger partial charge in [0.25, 0.3) is 0 Å². The third-order valence-corrected chi connectivity index (χ3v) is 4.33. The standard InChI is InChI=1S/C19H23N3O2/c1-24-19(23)17-6-4-5-16(13-17)14-21-9-11-22(12-10-21)15-18-7-2-3-8-20-18/h2-8,13H,9-12,14-15H2,1H3. The molecule has 0 amide bonds. The van der Waals surface area contributed by atoms with E-state index < -0.39 is 0 Å². The number of hydrogen-bond donors (Lipinski definition) is 0. The lowest BCUT2D eigenvalue weighted by Crippen LogP contribution is -2.45. The second-order valence-electron chi connectivity index (χ2n) is 6.07. The number of carbonyl (C=O) groups excluding carboxylic acids is 1. The number of carbonyl (C=O) groups is 1. The summed E-state index contributed by atoms with van der Waals surface area (Å²) in [6.45, 7) is 5.89. The predicted molar refractivity (Wildman–Crippen MR) is 92.6 cm³/mol. The Morgan fingerprint density at radius 1 is 1.04 bits per heavy atom. The summed E-state index contributed by atoms with van der Waals surface area (Å²) in [4.78, 5) is 20.9. The van der Waals surface area contributed by atoms with Crippen molar-refractivity contribution in [2.75, 3.05) is 33.3 Å². The SMILES string of the molecule is COC(=O)c1cccc(CN2CCN(Cc3ccccn3)CC2)c1. The van der Waals surface area contributed by atoms with Crippen molar-refractivity contribution in [1.29, 1.82) is 0 Å². The van der Waals surface area contributed by atoms with Crippen LogP contribution in [-0.2, 0) is 17.8 Å². The van der Waals surface area contributed by atoms with Gasteiger partial charge in [0.2, 0.25) is 0 Å². The fourth-order valence-electron chi connectivity index (χ4n) is 3.00. The Morgan fingerprint density at radius 2 is 1.79 bits per heavy atom. The molecule has 126 valence electrons. The van der Waals surface area contributed by atoms with E-state index in [9.17, 15) is 4.79 Å². The highest BCUT2D eigenvalue weighted by Crippen LogP contribution is 2.12. The lowest BCUT2D eigenvalue weighted by Gasteiger charge is -2.34. The summed E-state index contributed by atoms with van der Waals surface area (Å²) in [6.07, 6.45) is 1.85. The van der Waals surface area contributed by atoms with Gasteiger partial charge in [-0.2, -0.15) is 0 Å². The Morgan fingerprint density at radius 3 is 2.46 bits per heavy atom. The minimum Gasteiger partial charge on any atom is -0.465 e. The van der Waals surface area contributed by atoms with Crippen LogP contribution in [0.1, 0.15) is 21.6 Å². The minimum absolute atomic E-state index is 0.281. The molecule has 0 saturated carbocycles. The van der Waals surface area contributed by atoms with Crippen LogP contribution in [0, 0.1) is 0 Å². The molecule has 0 N–H and O–H groups in total. The number of methoxy groups -OCH3 is 1. The second-order valence-corrected chi connectivity index (χ2v) is 6.07. The van der Waals surface area contributed by atoms with Gasteiger partial charge in [-0.05, 0) is 29.8 Å². The van der Waals surface area contributed by atoms with Crippen LogP contribution < -0.4 is 0 Å². The van der Waals surface area contributed by atoms with E-state index in [-0.39, 0.29) is 5.97 Å². The molecule has 1 aromatic carbocycles. The molecule has 3 rings (SSSR count). The summed E-state index contributed by atoms with van der Waals surface area (Å²) in [5.74, 6) is -0.281. The molecule has 24 heavy (non-hydrogen) atoms. The Bertz CT molecular complexity index is 667. The van der Waals surface area contributed by atoms with Crippen LogP contribution in [0.15, 0.2) is 48.7 Å². The Balaban J connectivity index is 1.51. The van der Waals surface area contributed by atoms with E-state index in [4.69, 9.17) is 4.74 Å². The predicted octanol–water partition coefficient (Wildman–Crippen LogP) is 2.19. The molecular formula is C19H23N3O2. The molecule has 0 aliphatic carbocycles. The first-order valence-corrected chi connectivity index (χ1v) is 8.26. The summed E-state index contributed by atoms with van der Waals surface area (Å²) in [5, 5.41) is 0. The highest BCUT2D eigenvalue weighted by Gasteiger charge is 2.17. The molecule has 0 bridgehead atoms. The molecule has 1 aliphatic rings. The molecule has 1 saturated heterocycles. The summed E-state index contributed by atoms with van der Waals surface area (Å²) in [7, 11) is 1.41. The molecule has 0 atom stereocenters. The largest absolute Gasteiger partial charge is 0.465 e. The van der Waals surface area contributed by atoms with Gasteiger partial charge >= 0.3 is 5.97 Å². The number of benzene rings is 1. The first-order valence-electron chi connectivity index (χ1n) is 8.26. The molecule has 1 aliphatic heterocycles. The lowest BCUT2D eigenvalue weighted by atomic mass is 10.1. The van der Waals surface area contributed by atoms with Crippen molar-refractivity contribution >= 4 is 5.97 Å².